The number of carbonyl (C=O) groups excluding carboxylic acids is 2. The third-order valence-electron chi connectivity index (χ3n) is 4.23. The van der Waals surface area contributed by atoms with Gasteiger partial charge in [-0.1, -0.05) is 29.8 Å². The molecule has 0 aliphatic carbocycles. The van der Waals surface area contributed by atoms with E-state index in [9.17, 15) is 22.8 Å². The van der Waals surface area contributed by atoms with Gasteiger partial charge in [-0.2, -0.15) is 18.3 Å². The van der Waals surface area contributed by atoms with E-state index in [-0.39, 0.29) is 5.69 Å². The maximum absolute atomic E-state index is 12.7. The monoisotopic (exact) mass is 475 g/mol. The van der Waals surface area contributed by atoms with Crippen molar-refractivity contribution in [2.75, 3.05) is 5.32 Å². The molecule has 0 aromatic heterocycles. The van der Waals surface area contributed by atoms with Crippen LogP contribution >= 0.6 is 11.6 Å². The molecule has 2 N–H and O–H groups in total. The number of hydrogen-bond donors (Lipinski definition) is 2. The second-order valence-electron chi connectivity index (χ2n) is 6.72. The van der Waals surface area contributed by atoms with E-state index >= 15 is 0 Å². The van der Waals surface area contributed by atoms with Crippen LogP contribution in [0.3, 0.4) is 0 Å². The van der Waals surface area contributed by atoms with Crippen LogP contribution in [0.1, 0.15) is 16.7 Å². The lowest BCUT2D eigenvalue weighted by Crippen LogP contribution is -2.32. The number of anilines is 1. The Balaban J connectivity index is 1.48. The average molecular weight is 476 g/mol. The number of hydrogen-bond acceptors (Lipinski definition) is 4. The first kappa shape index (κ1) is 23.8. The molecular formula is C23H17ClF3N3O3. The SMILES string of the molecule is O=C(N/N=C/c1ccc(OCc2ccc(Cl)cc2)cc1)C(=O)Nc1cccc(C(F)(F)F)c1. The predicted octanol–water partition coefficient (Wildman–Crippen LogP) is 5.03. The molecule has 0 saturated carbocycles. The van der Waals surface area contributed by atoms with Crippen LogP contribution in [0.4, 0.5) is 18.9 Å². The highest BCUT2D eigenvalue weighted by Crippen LogP contribution is 2.30. The maximum atomic E-state index is 12.7. The average Bonchev–Trinajstić information content (AvgIpc) is 2.79. The Kier molecular flexibility index (Phi) is 7.68. The number of halogens is 4. The van der Waals surface area contributed by atoms with Crippen molar-refractivity contribution in [3.8, 4) is 5.75 Å². The second-order valence-corrected chi connectivity index (χ2v) is 7.15. The Morgan fingerprint density at radius 1 is 0.970 bits per heavy atom. The fraction of sp³-hybridized carbons (Fsp3) is 0.0870. The molecule has 0 aliphatic rings. The number of amides is 2. The van der Waals surface area contributed by atoms with E-state index in [4.69, 9.17) is 16.3 Å². The number of ether oxygens (including phenoxy) is 1. The minimum absolute atomic E-state index is 0.164. The number of nitrogens with zero attached hydrogens (tertiary/aromatic N) is 1. The van der Waals surface area contributed by atoms with Crippen molar-refractivity contribution in [2.24, 2.45) is 5.10 Å². The zero-order valence-corrected chi connectivity index (χ0v) is 17.7. The largest absolute Gasteiger partial charge is 0.489 e. The molecule has 170 valence electrons. The first-order valence-corrected chi connectivity index (χ1v) is 9.87. The molecule has 3 aromatic rings. The summed E-state index contributed by atoms with van der Waals surface area (Å²) in [7, 11) is 0. The van der Waals surface area contributed by atoms with Gasteiger partial charge >= 0.3 is 18.0 Å². The van der Waals surface area contributed by atoms with Crippen LogP contribution in [0.25, 0.3) is 0 Å². The van der Waals surface area contributed by atoms with Crippen LogP contribution in [0, 0.1) is 0 Å². The first-order valence-electron chi connectivity index (χ1n) is 9.50. The van der Waals surface area contributed by atoms with Crippen LogP contribution in [-0.2, 0) is 22.4 Å². The number of nitrogens with one attached hydrogen (secondary N) is 2. The lowest BCUT2D eigenvalue weighted by atomic mass is 10.2. The van der Waals surface area contributed by atoms with Crippen molar-refractivity contribution in [2.45, 2.75) is 12.8 Å². The maximum Gasteiger partial charge on any atom is 0.416 e. The van der Waals surface area contributed by atoms with Gasteiger partial charge in [0, 0.05) is 10.7 Å². The van der Waals surface area contributed by atoms with E-state index in [1.165, 1.54) is 12.3 Å². The van der Waals surface area contributed by atoms with Gasteiger partial charge in [-0.15, -0.1) is 0 Å². The van der Waals surface area contributed by atoms with E-state index < -0.39 is 23.6 Å². The molecule has 0 saturated heterocycles. The van der Waals surface area contributed by atoms with E-state index in [0.717, 1.165) is 23.8 Å². The van der Waals surface area contributed by atoms with Crippen molar-refractivity contribution >= 4 is 35.3 Å². The topological polar surface area (TPSA) is 79.8 Å². The smallest absolute Gasteiger partial charge is 0.416 e. The van der Waals surface area contributed by atoms with Crippen molar-refractivity contribution in [1.82, 2.24) is 5.43 Å². The molecule has 0 bridgehead atoms. The van der Waals surface area contributed by atoms with E-state index in [1.807, 2.05) is 17.6 Å². The minimum Gasteiger partial charge on any atom is -0.489 e. The van der Waals surface area contributed by atoms with Crippen LogP contribution in [-0.4, -0.2) is 18.0 Å². The number of rotatable bonds is 6. The third-order valence-corrected chi connectivity index (χ3v) is 4.48. The zero-order chi connectivity index (χ0) is 23.8. The highest BCUT2D eigenvalue weighted by atomic mass is 35.5. The van der Waals surface area contributed by atoms with Crippen molar-refractivity contribution < 1.29 is 27.5 Å². The quantitative estimate of drug-likeness (QED) is 0.298. The molecule has 0 unspecified atom stereocenters. The summed E-state index contributed by atoms with van der Waals surface area (Å²) in [6.07, 6.45) is -3.26. The van der Waals surface area contributed by atoms with E-state index in [1.54, 1.807) is 36.4 Å². The summed E-state index contributed by atoms with van der Waals surface area (Å²) >= 11 is 5.84. The van der Waals surface area contributed by atoms with E-state index in [2.05, 4.69) is 10.4 Å². The Labute approximate surface area is 192 Å². The summed E-state index contributed by atoms with van der Waals surface area (Å²) < 4.78 is 43.8. The first-order chi connectivity index (χ1) is 15.7. The normalized spacial score (nSPS) is 11.3. The summed E-state index contributed by atoms with van der Waals surface area (Å²) in [6, 6.07) is 18.0. The highest BCUT2D eigenvalue weighted by molar-refractivity contribution is 6.39. The van der Waals surface area contributed by atoms with Gasteiger partial charge in [-0.3, -0.25) is 9.59 Å². The fourth-order valence-corrected chi connectivity index (χ4v) is 2.70. The molecule has 10 heteroatoms. The summed E-state index contributed by atoms with van der Waals surface area (Å²) in [6.45, 7) is 0.363. The van der Waals surface area contributed by atoms with Crippen molar-refractivity contribution in [3.05, 3.63) is 94.5 Å². The summed E-state index contributed by atoms with van der Waals surface area (Å²) in [4.78, 5) is 23.7. The van der Waals surface area contributed by atoms with Gasteiger partial charge in [0.15, 0.2) is 0 Å². The molecule has 0 radical (unpaired) electrons. The molecule has 2 amide bonds. The standard InChI is InChI=1S/C23H17ClF3N3O3/c24-18-8-4-16(5-9-18)14-33-20-10-6-15(7-11-20)13-28-30-22(32)21(31)29-19-3-1-2-17(12-19)23(25,26)27/h1-13H,14H2,(H,29,31)(H,30,32)/b28-13+. The molecule has 0 spiro atoms. The Bertz CT molecular complexity index is 1150. The minimum atomic E-state index is -4.57. The molecule has 0 atom stereocenters. The van der Waals surface area contributed by atoms with Crippen LogP contribution in [0.2, 0.25) is 5.02 Å². The third kappa shape index (κ3) is 7.36. The van der Waals surface area contributed by atoms with Crippen LogP contribution in [0.5, 0.6) is 5.75 Å². The van der Waals surface area contributed by atoms with Crippen LogP contribution < -0.4 is 15.5 Å². The molecule has 6 nitrogen and oxygen atoms in total. The van der Waals surface area contributed by atoms with Gasteiger partial charge in [0.25, 0.3) is 0 Å². The molecule has 33 heavy (non-hydrogen) atoms. The number of alkyl halides is 3. The molecule has 0 fully saturated rings. The molecule has 0 heterocycles. The van der Waals surface area contributed by atoms with Gasteiger partial charge in [0.1, 0.15) is 12.4 Å². The Morgan fingerprint density at radius 3 is 2.33 bits per heavy atom. The lowest BCUT2D eigenvalue weighted by molar-refractivity contribution is -0.137. The van der Waals surface area contributed by atoms with Crippen LogP contribution in [0.15, 0.2) is 77.9 Å². The number of carbonyl (C=O) groups is 2. The Hall–Kier alpha value is -3.85. The van der Waals surface area contributed by atoms with Gasteiger partial charge in [0.2, 0.25) is 0 Å². The molecule has 0 aliphatic heterocycles. The van der Waals surface area contributed by atoms with E-state index in [0.29, 0.717) is 22.9 Å². The fourth-order valence-electron chi connectivity index (χ4n) is 2.57. The summed E-state index contributed by atoms with van der Waals surface area (Å²) in [5.74, 6) is -1.67. The number of benzene rings is 3. The molecule has 3 aromatic carbocycles. The summed E-state index contributed by atoms with van der Waals surface area (Å²) in [5.41, 5.74) is 2.48. The van der Waals surface area contributed by atoms with Crippen molar-refractivity contribution in [1.29, 1.82) is 0 Å². The molecule has 3 rings (SSSR count). The van der Waals surface area contributed by atoms with Gasteiger partial charge in [-0.25, -0.2) is 5.43 Å². The van der Waals surface area contributed by atoms with Gasteiger partial charge in [0.05, 0.1) is 11.8 Å². The van der Waals surface area contributed by atoms with Crippen molar-refractivity contribution in [3.63, 3.8) is 0 Å². The zero-order valence-electron chi connectivity index (χ0n) is 16.9. The predicted molar refractivity (Wildman–Crippen MR) is 118 cm³/mol. The second kappa shape index (κ2) is 10.6. The number of hydrazone groups is 1. The highest BCUT2D eigenvalue weighted by Gasteiger charge is 2.30. The van der Waals surface area contributed by atoms with Gasteiger partial charge in [-0.05, 0) is 65.7 Å². The summed E-state index contributed by atoms with van der Waals surface area (Å²) in [5, 5.41) is 6.41. The molecular weight excluding hydrogens is 459 g/mol. The Morgan fingerprint density at radius 2 is 1.67 bits per heavy atom. The van der Waals surface area contributed by atoms with Gasteiger partial charge < -0.3 is 10.1 Å². The lowest BCUT2D eigenvalue weighted by Gasteiger charge is -2.09.